The van der Waals surface area contributed by atoms with Crippen LogP contribution >= 0.6 is 0 Å². The van der Waals surface area contributed by atoms with Crippen LogP contribution in [0.25, 0.3) is 0 Å². The normalized spacial score (nSPS) is 42.8. The molecule has 0 aromatic heterocycles. The van der Waals surface area contributed by atoms with E-state index in [2.05, 4.69) is 11.8 Å². The fourth-order valence-corrected chi connectivity index (χ4v) is 4.00. The van der Waals surface area contributed by atoms with Crippen LogP contribution in [0.2, 0.25) is 0 Å². The second-order valence-corrected chi connectivity index (χ2v) is 6.36. The van der Waals surface area contributed by atoms with Gasteiger partial charge in [0.2, 0.25) is 0 Å². The van der Waals surface area contributed by atoms with Gasteiger partial charge in [0.05, 0.1) is 0 Å². The highest BCUT2D eigenvalue weighted by atomic mass is 15.4. The fraction of sp³-hybridized carbons (Fsp3) is 1.00. The molecule has 2 saturated heterocycles. The van der Waals surface area contributed by atoms with E-state index < -0.39 is 0 Å². The predicted octanol–water partition coefficient (Wildman–Crippen LogP) is 1.45. The molecule has 2 heterocycles. The number of hydrogen-bond donors (Lipinski definition) is 1. The molecule has 3 aliphatic rings. The van der Waals surface area contributed by atoms with E-state index in [0.29, 0.717) is 5.41 Å². The van der Waals surface area contributed by atoms with Gasteiger partial charge in [-0.05, 0) is 51.1 Å². The first-order valence-corrected chi connectivity index (χ1v) is 6.93. The molecule has 2 aliphatic heterocycles. The van der Waals surface area contributed by atoms with E-state index in [1.807, 2.05) is 5.01 Å². The number of piperidine rings is 1. The lowest BCUT2D eigenvalue weighted by Gasteiger charge is -2.54. The van der Waals surface area contributed by atoms with Crippen molar-refractivity contribution in [3.63, 3.8) is 0 Å². The van der Waals surface area contributed by atoms with E-state index in [1.165, 1.54) is 45.2 Å². The van der Waals surface area contributed by atoms with Gasteiger partial charge in [0.1, 0.15) is 0 Å². The van der Waals surface area contributed by atoms with Gasteiger partial charge < -0.3 is 0 Å². The van der Waals surface area contributed by atoms with Crippen molar-refractivity contribution in [2.45, 2.75) is 45.1 Å². The smallest absolute Gasteiger partial charge is 0.0200 e. The summed E-state index contributed by atoms with van der Waals surface area (Å²) in [5, 5.41) is 2.04. The molecule has 1 saturated carbocycles. The molecule has 0 bridgehead atoms. The van der Waals surface area contributed by atoms with Crippen LogP contribution in [0.15, 0.2) is 0 Å². The fourth-order valence-electron chi connectivity index (χ4n) is 4.00. The van der Waals surface area contributed by atoms with Crippen LogP contribution in [-0.2, 0) is 0 Å². The first kappa shape index (κ1) is 11.0. The summed E-state index contributed by atoms with van der Waals surface area (Å²) < 4.78 is 0. The molecule has 2 atom stereocenters. The first-order chi connectivity index (χ1) is 7.70. The molecule has 0 amide bonds. The number of nitrogens with two attached hydrogens (primary N) is 1. The van der Waals surface area contributed by atoms with Gasteiger partial charge in [0, 0.05) is 24.5 Å². The minimum atomic E-state index is 0.579. The lowest BCUT2D eigenvalue weighted by Crippen LogP contribution is -2.58. The Labute approximate surface area is 98.9 Å². The van der Waals surface area contributed by atoms with Gasteiger partial charge in [-0.2, -0.15) is 0 Å². The van der Waals surface area contributed by atoms with Crippen LogP contribution in [0.5, 0.6) is 0 Å². The maximum atomic E-state index is 5.95. The highest BCUT2D eigenvalue weighted by molar-refractivity contribution is 5.06. The van der Waals surface area contributed by atoms with Crippen molar-refractivity contribution in [1.82, 2.24) is 9.91 Å². The minimum absolute atomic E-state index is 0.579. The van der Waals surface area contributed by atoms with Crippen molar-refractivity contribution >= 4 is 0 Å². The van der Waals surface area contributed by atoms with Gasteiger partial charge in [-0.25, -0.2) is 5.01 Å². The van der Waals surface area contributed by atoms with Crippen LogP contribution in [0, 0.1) is 11.3 Å². The molecule has 1 aliphatic carbocycles. The second-order valence-electron chi connectivity index (χ2n) is 6.36. The van der Waals surface area contributed by atoms with E-state index in [0.717, 1.165) is 25.0 Å². The van der Waals surface area contributed by atoms with E-state index in [4.69, 9.17) is 5.84 Å². The summed E-state index contributed by atoms with van der Waals surface area (Å²) in [5.74, 6) is 6.89. The molecule has 3 rings (SSSR count). The molecule has 92 valence electrons. The van der Waals surface area contributed by atoms with Crippen LogP contribution < -0.4 is 5.84 Å². The summed E-state index contributed by atoms with van der Waals surface area (Å²) in [6, 6.07) is 0.855. The lowest BCUT2D eigenvalue weighted by molar-refractivity contribution is -0.0339. The molecule has 16 heavy (non-hydrogen) atoms. The van der Waals surface area contributed by atoms with Gasteiger partial charge >= 0.3 is 0 Å². The maximum absolute atomic E-state index is 5.95. The first-order valence-electron chi connectivity index (χ1n) is 6.93. The molecule has 0 aromatic rings. The molecular formula is C13H25N3. The summed E-state index contributed by atoms with van der Waals surface area (Å²) in [4.78, 5) is 2.77. The Kier molecular flexibility index (Phi) is 2.73. The van der Waals surface area contributed by atoms with Gasteiger partial charge in [-0.1, -0.05) is 6.92 Å². The zero-order chi connectivity index (χ0) is 11.2. The van der Waals surface area contributed by atoms with Crippen LogP contribution in [0.3, 0.4) is 0 Å². The summed E-state index contributed by atoms with van der Waals surface area (Å²) >= 11 is 0. The van der Waals surface area contributed by atoms with Crippen molar-refractivity contribution < 1.29 is 0 Å². The Morgan fingerprint density at radius 2 is 1.81 bits per heavy atom. The third-order valence-corrected chi connectivity index (χ3v) is 5.30. The molecule has 2 unspecified atom stereocenters. The summed E-state index contributed by atoms with van der Waals surface area (Å²) in [7, 11) is 0. The quantitative estimate of drug-likeness (QED) is 0.683. The summed E-state index contributed by atoms with van der Waals surface area (Å²) in [6.45, 7) is 7.31. The average molecular weight is 223 g/mol. The SMILES string of the molecule is CC1CCN(C2CCC23CCN(N)C3)CC1. The van der Waals surface area contributed by atoms with Crippen molar-refractivity contribution in [2.75, 3.05) is 26.2 Å². The van der Waals surface area contributed by atoms with Crippen LogP contribution in [-0.4, -0.2) is 42.1 Å². The minimum Gasteiger partial charge on any atom is -0.300 e. The molecule has 0 aromatic carbocycles. The summed E-state index contributed by atoms with van der Waals surface area (Å²) in [6.07, 6.45) is 6.97. The van der Waals surface area contributed by atoms with Gasteiger partial charge in [-0.3, -0.25) is 10.7 Å². The standard InChI is InChI=1S/C13H25N3/c1-11-3-7-15(8-4-11)12-2-5-13(12)6-9-16(14)10-13/h11-12H,2-10,14H2,1H3. The molecule has 0 radical (unpaired) electrons. The van der Waals surface area contributed by atoms with Gasteiger partial charge in [0.15, 0.2) is 0 Å². The predicted molar refractivity (Wildman–Crippen MR) is 65.8 cm³/mol. The highest BCUT2D eigenvalue weighted by Gasteiger charge is 2.52. The molecule has 1 spiro atoms. The van der Waals surface area contributed by atoms with E-state index in [1.54, 1.807) is 0 Å². The van der Waals surface area contributed by atoms with Gasteiger partial charge in [-0.15, -0.1) is 0 Å². The zero-order valence-corrected chi connectivity index (χ0v) is 10.5. The zero-order valence-electron chi connectivity index (χ0n) is 10.5. The van der Waals surface area contributed by atoms with Crippen molar-refractivity contribution in [3.8, 4) is 0 Å². The lowest BCUT2D eigenvalue weighted by atomic mass is 9.62. The Morgan fingerprint density at radius 3 is 2.31 bits per heavy atom. The molecule has 3 nitrogen and oxygen atoms in total. The molecule has 3 fully saturated rings. The van der Waals surface area contributed by atoms with E-state index in [-0.39, 0.29) is 0 Å². The number of rotatable bonds is 1. The number of hydrazine groups is 1. The molecule has 2 N–H and O–H groups in total. The van der Waals surface area contributed by atoms with Crippen LogP contribution in [0.4, 0.5) is 0 Å². The Balaban J connectivity index is 1.63. The number of likely N-dealkylation sites (tertiary alicyclic amines) is 1. The average Bonchev–Trinajstić information content (AvgIpc) is 2.65. The second kappa shape index (κ2) is 3.97. The van der Waals surface area contributed by atoms with E-state index >= 15 is 0 Å². The highest BCUT2D eigenvalue weighted by Crippen LogP contribution is 2.50. The molecule has 3 heteroatoms. The number of nitrogens with zero attached hydrogens (tertiary/aromatic N) is 2. The summed E-state index contributed by atoms with van der Waals surface area (Å²) in [5.41, 5.74) is 0.579. The molecular weight excluding hydrogens is 198 g/mol. The topological polar surface area (TPSA) is 32.5 Å². The van der Waals surface area contributed by atoms with Crippen LogP contribution in [0.1, 0.15) is 39.0 Å². The third-order valence-electron chi connectivity index (χ3n) is 5.30. The van der Waals surface area contributed by atoms with E-state index in [9.17, 15) is 0 Å². The maximum Gasteiger partial charge on any atom is 0.0200 e. The monoisotopic (exact) mass is 223 g/mol. The largest absolute Gasteiger partial charge is 0.300 e. The number of hydrogen-bond acceptors (Lipinski definition) is 3. The Bertz CT molecular complexity index is 260. The van der Waals surface area contributed by atoms with Crippen molar-refractivity contribution in [1.29, 1.82) is 0 Å². The van der Waals surface area contributed by atoms with Crippen molar-refractivity contribution in [3.05, 3.63) is 0 Å². The Morgan fingerprint density at radius 1 is 1.06 bits per heavy atom. The van der Waals surface area contributed by atoms with Gasteiger partial charge in [0.25, 0.3) is 0 Å². The van der Waals surface area contributed by atoms with Crippen molar-refractivity contribution in [2.24, 2.45) is 17.2 Å². The third kappa shape index (κ3) is 1.69. The Hall–Kier alpha value is -0.120.